The number of nitrogens with zero attached hydrogens (tertiary/aromatic N) is 6. The summed E-state index contributed by atoms with van der Waals surface area (Å²) in [7, 11) is 0. The van der Waals surface area contributed by atoms with E-state index in [2.05, 4.69) is 30.5 Å². The third-order valence-electron chi connectivity index (χ3n) is 7.20. The summed E-state index contributed by atoms with van der Waals surface area (Å²) in [4.78, 5) is 18.4. The summed E-state index contributed by atoms with van der Waals surface area (Å²) in [6, 6.07) is 4.81. The van der Waals surface area contributed by atoms with Gasteiger partial charge in [-0.1, -0.05) is 11.6 Å². The maximum absolute atomic E-state index is 13.8. The maximum Gasteiger partial charge on any atom is 0.204 e. The van der Waals surface area contributed by atoms with E-state index in [1.165, 1.54) is 25.2 Å². The second-order valence-corrected chi connectivity index (χ2v) is 10.6. The van der Waals surface area contributed by atoms with E-state index in [1.54, 1.807) is 12.1 Å². The van der Waals surface area contributed by atoms with E-state index in [0.717, 1.165) is 75.0 Å². The second kappa shape index (κ2) is 11.2. The SMILES string of the molecule is CC(C)Oc1c(N)ncnc1N1CCC(c2nc(-c3ccc(F)c(Cl)c3)cn2CCN2CCCC2)CC1. The Morgan fingerprint density at radius 3 is 2.57 bits per heavy atom. The van der Waals surface area contributed by atoms with Crippen LogP contribution >= 0.6 is 11.6 Å². The molecule has 8 nitrogen and oxygen atoms in total. The van der Waals surface area contributed by atoms with Crippen molar-refractivity contribution in [2.45, 2.75) is 58.1 Å². The number of rotatable bonds is 8. The minimum atomic E-state index is -0.419. The standard InChI is InChI=1S/C27H35ClFN7O/c1-18(2)37-24-25(30)31-17-32-27(24)35-11-7-19(8-12-35)26-33-23(20-5-6-22(29)21(28)15-20)16-36(26)14-13-34-9-3-4-10-34/h5-6,15-19H,3-4,7-14H2,1-2H3,(H2,30,31,32). The summed E-state index contributed by atoms with van der Waals surface area (Å²) in [6.45, 7) is 9.76. The molecule has 198 valence electrons. The minimum absolute atomic E-state index is 0.0222. The number of benzene rings is 1. The van der Waals surface area contributed by atoms with Crippen LogP contribution in [-0.4, -0.2) is 63.2 Å². The molecule has 0 aliphatic carbocycles. The van der Waals surface area contributed by atoms with Crippen LogP contribution in [0, 0.1) is 5.82 Å². The molecule has 0 unspecified atom stereocenters. The fourth-order valence-corrected chi connectivity index (χ4v) is 5.47. The number of nitrogen functional groups attached to an aromatic ring is 1. The predicted octanol–water partition coefficient (Wildman–Crippen LogP) is 4.98. The first-order valence-electron chi connectivity index (χ1n) is 13.2. The van der Waals surface area contributed by atoms with Crippen molar-refractivity contribution in [1.29, 1.82) is 0 Å². The first-order valence-corrected chi connectivity index (χ1v) is 13.5. The monoisotopic (exact) mass is 527 g/mol. The highest BCUT2D eigenvalue weighted by Crippen LogP contribution is 2.37. The van der Waals surface area contributed by atoms with Crippen LogP contribution in [0.2, 0.25) is 5.02 Å². The minimum Gasteiger partial charge on any atom is -0.484 e. The van der Waals surface area contributed by atoms with Gasteiger partial charge in [0.05, 0.1) is 16.8 Å². The van der Waals surface area contributed by atoms with Gasteiger partial charge in [-0.05, 0) is 70.8 Å². The molecule has 3 aromatic rings. The molecule has 2 saturated heterocycles. The smallest absolute Gasteiger partial charge is 0.204 e. The van der Waals surface area contributed by atoms with Crippen LogP contribution in [0.5, 0.6) is 5.75 Å². The van der Waals surface area contributed by atoms with Crippen molar-refractivity contribution in [2.75, 3.05) is 43.4 Å². The van der Waals surface area contributed by atoms with Gasteiger partial charge in [-0.25, -0.2) is 19.3 Å². The van der Waals surface area contributed by atoms with Gasteiger partial charge in [0, 0.05) is 43.9 Å². The normalized spacial score (nSPS) is 17.2. The van der Waals surface area contributed by atoms with E-state index in [0.29, 0.717) is 17.5 Å². The summed E-state index contributed by atoms with van der Waals surface area (Å²) in [6.07, 6.45) is 7.96. The summed E-state index contributed by atoms with van der Waals surface area (Å²) >= 11 is 6.08. The number of halogens is 2. The number of nitrogens with two attached hydrogens (primary N) is 1. The van der Waals surface area contributed by atoms with Crippen molar-refractivity contribution in [3.63, 3.8) is 0 Å². The van der Waals surface area contributed by atoms with E-state index in [4.69, 9.17) is 27.1 Å². The number of hydrogen-bond acceptors (Lipinski definition) is 7. The topological polar surface area (TPSA) is 85.3 Å². The molecule has 0 bridgehead atoms. The fourth-order valence-electron chi connectivity index (χ4n) is 5.29. The molecule has 5 rings (SSSR count). The zero-order valence-electron chi connectivity index (χ0n) is 21.5. The molecule has 0 saturated carbocycles. The molecule has 0 atom stereocenters. The average molecular weight is 528 g/mol. The number of anilines is 2. The zero-order chi connectivity index (χ0) is 25.9. The van der Waals surface area contributed by atoms with Gasteiger partial charge in [-0.3, -0.25) is 0 Å². The third kappa shape index (κ3) is 5.83. The quantitative estimate of drug-likeness (QED) is 0.442. The van der Waals surface area contributed by atoms with Crippen molar-refractivity contribution >= 4 is 23.2 Å². The van der Waals surface area contributed by atoms with Gasteiger partial charge < -0.3 is 24.8 Å². The first-order chi connectivity index (χ1) is 17.9. The highest BCUT2D eigenvalue weighted by Gasteiger charge is 2.28. The molecule has 0 radical (unpaired) electrons. The molecule has 10 heteroatoms. The molecule has 37 heavy (non-hydrogen) atoms. The van der Waals surface area contributed by atoms with E-state index >= 15 is 0 Å². The number of imidazole rings is 1. The molecule has 2 fully saturated rings. The fraction of sp³-hybridized carbons (Fsp3) is 0.519. The highest BCUT2D eigenvalue weighted by molar-refractivity contribution is 6.31. The molecule has 2 N–H and O–H groups in total. The highest BCUT2D eigenvalue weighted by atomic mass is 35.5. The summed E-state index contributed by atoms with van der Waals surface area (Å²) in [5.74, 6) is 2.62. The second-order valence-electron chi connectivity index (χ2n) is 10.2. The lowest BCUT2D eigenvalue weighted by Crippen LogP contribution is -2.35. The van der Waals surface area contributed by atoms with E-state index in [9.17, 15) is 4.39 Å². The van der Waals surface area contributed by atoms with Crippen LogP contribution < -0.4 is 15.4 Å². The number of piperidine rings is 1. The van der Waals surface area contributed by atoms with Gasteiger partial charge in [0.15, 0.2) is 11.6 Å². The Morgan fingerprint density at radius 1 is 1.11 bits per heavy atom. The van der Waals surface area contributed by atoms with Crippen LogP contribution in [0.3, 0.4) is 0 Å². The van der Waals surface area contributed by atoms with Crippen LogP contribution in [0.4, 0.5) is 16.0 Å². The van der Waals surface area contributed by atoms with E-state index < -0.39 is 5.82 Å². The van der Waals surface area contributed by atoms with Crippen LogP contribution in [0.1, 0.15) is 51.3 Å². The largest absolute Gasteiger partial charge is 0.484 e. The van der Waals surface area contributed by atoms with Crippen LogP contribution in [0.15, 0.2) is 30.7 Å². The van der Waals surface area contributed by atoms with Gasteiger partial charge in [0.1, 0.15) is 18.0 Å². The number of ether oxygens (including phenoxy) is 1. The molecule has 2 aliphatic heterocycles. The molecule has 4 heterocycles. The van der Waals surface area contributed by atoms with Crippen LogP contribution in [-0.2, 0) is 6.54 Å². The maximum atomic E-state index is 13.8. The molecular formula is C27H35ClFN7O. The summed E-state index contributed by atoms with van der Waals surface area (Å²) in [5.41, 5.74) is 7.79. The van der Waals surface area contributed by atoms with Crippen molar-refractivity contribution in [3.8, 4) is 17.0 Å². The van der Waals surface area contributed by atoms with Gasteiger partial charge in [-0.2, -0.15) is 0 Å². The van der Waals surface area contributed by atoms with Crippen molar-refractivity contribution in [3.05, 3.63) is 47.4 Å². The number of likely N-dealkylation sites (tertiary alicyclic amines) is 1. The van der Waals surface area contributed by atoms with E-state index in [1.807, 2.05) is 13.8 Å². The first kappa shape index (κ1) is 25.7. The Balaban J connectivity index is 1.36. The van der Waals surface area contributed by atoms with Gasteiger partial charge in [-0.15, -0.1) is 0 Å². The van der Waals surface area contributed by atoms with Gasteiger partial charge in [0.2, 0.25) is 5.75 Å². The Morgan fingerprint density at radius 2 is 1.86 bits per heavy atom. The Hall–Kier alpha value is -2.91. The summed E-state index contributed by atoms with van der Waals surface area (Å²) in [5, 5.41) is 0.113. The Labute approximate surface area is 222 Å². The lowest BCUT2D eigenvalue weighted by molar-refractivity contribution is 0.242. The molecule has 1 aromatic carbocycles. The molecule has 0 amide bonds. The predicted molar refractivity (Wildman–Crippen MR) is 145 cm³/mol. The van der Waals surface area contributed by atoms with Gasteiger partial charge in [0.25, 0.3) is 0 Å². The Bertz CT molecular complexity index is 1220. The molecule has 2 aromatic heterocycles. The Kier molecular flexibility index (Phi) is 7.81. The van der Waals surface area contributed by atoms with E-state index in [-0.39, 0.29) is 11.1 Å². The average Bonchev–Trinajstić information content (AvgIpc) is 3.56. The van der Waals surface area contributed by atoms with Crippen molar-refractivity contribution in [2.24, 2.45) is 0 Å². The zero-order valence-corrected chi connectivity index (χ0v) is 22.3. The molecule has 2 aliphatic rings. The van der Waals surface area contributed by atoms with Crippen molar-refractivity contribution < 1.29 is 9.13 Å². The van der Waals surface area contributed by atoms with Crippen molar-refractivity contribution in [1.82, 2.24) is 24.4 Å². The van der Waals surface area contributed by atoms with Gasteiger partial charge >= 0.3 is 0 Å². The number of hydrogen-bond donors (Lipinski definition) is 1. The molecule has 0 spiro atoms. The molecular weight excluding hydrogens is 493 g/mol. The summed E-state index contributed by atoms with van der Waals surface area (Å²) < 4.78 is 22.0. The number of aromatic nitrogens is 4. The third-order valence-corrected chi connectivity index (χ3v) is 7.49. The lowest BCUT2D eigenvalue weighted by atomic mass is 9.95. The lowest BCUT2D eigenvalue weighted by Gasteiger charge is -2.33. The van der Waals surface area contributed by atoms with Crippen LogP contribution in [0.25, 0.3) is 11.3 Å².